The van der Waals surface area contributed by atoms with Crippen LogP contribution in [0.4, 0.5) is 0 Å². The lowest BCUT2D eigenvalue weighted by Crippen LogP contribution is -2.56. The molecule has 3 amide bonds. The van der Waals surface area contributed by atoms with Crippen LogP contribution in [0.1, 0.15) is 69.8 Å². The Bertz CT molecular complexity index is 1010. The highest BCUT2D eigenvalue weighted by molar-refractivity contribution is 9.09. The molecule has 1 aromatic carbocycles. The van der Waals surface area contributed by atoms with E-state index in [9.17, 15) is 14.4 Å². The van der Waals surface area contributed by atoms with Crippen molar-refractivity contribution < 1.29 is 19.5 Å². The highest BCUT2D eigenvalue weighted by Crippen LogP contribution is 2.67. The number of fused-ring (bicyclic) bond motifs is 1. The Balaban J connectivity index is 1.37. The summed E-state index contributed by atoms with van der Waals surface area (Å²) in [4.78, 5) is 43.6. The zero-order valence-corrected chi connectivity index (χ0v) is 24.4. The monoisotopic (exact) mass is 605 g/mol. The number of aliphatic hydroxyl groups excluding tert-OH is 1. The van der Waals surface area contributed by atoms with Gasteiger partial charge in [0.05, 0.1) is 16.6 Å². The number of benzene rings is 1. The van der Waals surface area contributed by atoms with E-state index in [1.807, 2.05) is 35.2 Å². The molecule has 1 aliphatic carbocycles. The molecule has 3 heterocycles. The number of aliphatic hydroxyl groups is 1. The number of nitrogens with zero attached hydrogens (tertiary/aromatic N) is 1. The Hall–Kier alpha value is -1.58. The van der Waals surface area contributed by atoms with Gasteiger partial charge in [0.25, 0.3) is 0 Å². The summed E-state index contributed by atoms with van der Waals surface area (Å²) in [5.41, 5.74) is 1.02. The minimum absolute atomic E-state index is 0.0311. The van der Waals surface area contributed by atoms with E-state index in [2.05, 4.69) is 26.6 Å². The number of hydrogen-bond donors (Lipinski definition) is 3. The van der Waals surface area contributed by atoms with Crippen LogP contribution in [0.5, 0.6) is 0 Å². The fourth-order valence-corrected chi connectivity index (χ4v) is 10.8. The maximum absolute atomic E-state index is 14.1. The summed E-state index contributed by atoms with van der Waals surface area (Å²) < 4.78 is -0.589. The third-order valence-corrected chi connectivity index (χ3v) is 12.1. The van der Waals surface area contributed by atoms with E-state index in [-0.39, 0.29) is 40.4 Å². The van der Waals surface area contributed by atoms with Crippen LogP contribution >= 0.6 is 27.7 Å². The van der Waals surface area contributed by atoms with Crippen molar-refractivity contribution in [3.63, 3.8) is 0 Å². The fraction of sp³-hybridized carbons (Fsp3) is 0.690. The van der Waals surface area contributed by atoms with Gasteiger partial charge in [0.1, 0.15) is 6.04 Å². The van der Waals surface area contributed by atoms with Gasteiger partial charge in [-0.15, -0.1) is 11.8 Å². The predicted molar refractivity (Wildman–Crippen MR) is 153 cm³/mol. The lowest BCUT2D eigenvalue weighted by molar-refractivity contribution is -0.140. The predicted octanol–water partition coefficient (Wildman–Crippen LogP) is 3.77. The lowest BCUT2D eigenvalue weighted by Gasteiger charge is -2.36. The second-order valence-corrected chi connectivity index (χ2v) is 14.1. The number of hydrogen-bond acceptors (Lipinski definition) is 5. The zero-order valence-electron chi connectivity index (χ0n) is 21.9. The van der Waals surface area contributed by atoms with Crippen molar-refractivity contribution in [3.8, 4) is 0 Å². The quantitative estimate of drug-likeness (QED) is 0.263. The molecule has 1 saturated carbocycles. The van der Waals surface area contributed by atoms with E-state index >= 15 is 0 Å². The first kappa shape index (κ1) is 28.0. The van der Waals surface area contributed by atoms with Crippen LogP contribution in [-0.4, -0.2) is 67.8 Å². The summed E-state index contributed by atoms with van der Waals surface area (Å²) in [7, 11) is 0. The van der Waals surface area contributed by atoms with Gasteiger partial charge in [0.15, 0.2) is 0 Å². The Kier molecular flexibility index (Phi) is 9.05. The van der Waals surface area contributed by atoms with Crippen molar-refractivity contribution in [1.29, 1.82) is 0 Å². The maximum atomic E-state index is 14.1. The largest absolute Gasteiger partial charge is 0.396 e. The van der Waals surface area contributed by atoms with Crippen molar-refractivity contribution in [1.82, 2.24) is 15.5 Å². The third kappa shape index (κ3) is 5.39. The minimum atomic E-state index is -0.589. The van der Waals surface area contributed by atoms with Gasteiger partial charge in [-0.1, -0.05) is 78.4 Å². The van der Waals surface area contributed by atoms with E-state index in [4.69, 9.17) is 5.11 Å². The molecule has 0 radical (unpaired) electrons. The van der Waals surface area contributed by atoms with Crippen LogP contribution in [-0.2, 0) is 20.9 Å². The molecule has 1 aromatic rings. The second kappa shape index (κ2) is 12.3. The average molecular weight is 607 g/mol. The number of rotatable bonds is 11. The second-order valence-electron chi connectivity index (χ2n) is 11.4. The molecule has 7 nitrogen and oxygen atoms in total. The topological polar surface area (TPSA) is 98.7 Å². The maximum Gasteiger partial charge on any atom is 0.244 e. The fourth-order valence-electron chi connectivity index (χ4n) is 7.15. The molecule has 4 fully saturated rings. The molecule has 0 aromatic heterocycles. The number of unbranched alkanes of at least 4 members (excludes halogenated alkanes) is 3. The molecule has 38 heavy (non-hydrogen) atoms. The molecule has 208 valence electrons. The van der Waals surface area contributed by atoms with E-state index in [1.54, 1.807) is 11.8 Å². The highest BCUT2D eigenvalue weighted by atomic mass is 79.9. The van der Waals surface area contributed by atoms with Crippen LogP contribution in [0.15, 0.2) is 30.3 Å². The van der Waals surface area contributed by atoms with Crippen molar-refractivity contribution in [3.05, 3.63) is 35.9 Å². The number of alkyl halides is 1. The van der Waals surface area contributed by atoms with Crippen LogP contribution in [0.2, 0.25) is 0 Å². The standard InChI is InChI=1S/C29H40BrN3O4S/c30-21-17-29-23(22(24(21)38-29)26(35)31-18-19-11-5-3-6-12-19)28(37)33(15-9-1-2-10-16-34)25(29)27(36)32-20-13-7-4-8-14-20/h3,5-6,11-12,20-25,34H,1-2,4,7-10,13-18H2,(H,31,35)(H,32,36)/t21?,22-,23-,24-,25?,29?/m0/s1. The van der Waals surface area contributed by atoms with Gasteiger partial charge < -0.3 is 20.6 Å². The summed E-state index contributed by atoms with van der Waals surface area (Å²) >= 11 is 5.55. The Morgan fingerprint density at radius 2 is 1.79 bits per heavy atom. The Morgan fingerprint density at radius 3 is 2.53 bits per heavy atom. The van der Waals surface area contributed by atoms with Gasteiger partial charge in [-0.25, -0.2) is 0 Å². The molecule has 2 bridgehead atoms. The average Bonchev–Trinajstić information content (AvgIpc) is 3.51. The van der Waals surface area contributed by atoms with Crippen LogP contribution in [0.3, 0.4) is 0 Å². The molecule has 3 unspecified atom stereocenters. The first-order valence-electron chi connectivity index (χ1n) is 14.3. The SMILES string of the molecule is O=C(NC1CCCCC1)C1N(CCCCCCO)C(=O)[C@@H]2[C@H](C(=O)NCc3ccccc3)[C@H]3SC12CC3Br. The molecule has 3 aliphatic heterocycles. The van der Waals surface area contributed by atoms with Gasteiger partial charge in [0.2, 0.25) is 17.7 Å². The van der Waals surface area contributed by atoms with Gasteiger partial charge in [-0.3, -0.25) is 14.4 Å². The zero-order chi connectivity index (χ0) is 26.7. The van der Waals surface area contributed by atoms with Gasteiger partial charge >= 0.3 is 0 Å². The van der Waals surface area contributed by atoms with E-state index < -0.39 is 22.6 Å². The molecule has 5 rings (SSSR count). The van der Waals surface area contributed by atoms with Gasteiger partial charge in [0, 0.05) is 35.8 Å². The van der Waals surface area contributed by atoms with Crippen LogP contribution < -0.4 is 10.6 Å². The van der Waals surface area contributed by atoms with Gasteiger partial charge in [-0.05, 0) is 37.7 Å². The Morgan fingerprint density at radius 1 is 1.05 bits per heavy atom. The summed E-state index contributed by atoms with van der Waals surface area (Å²) in [6, 6.07) is 9.43. The van der Waals surface area contributed by atoms with Crippen molar-refractivity contribution in [2.24, 2.45) is 11.8 Å². The molecule has 3 N–H and O–H groups in total. The lowest BCUT2D eigenvalue weighted by atomic mass is 9.70. The van der Waals surface area contributed by atoms with E-state index in [0.29, 0.717) is 19.5 Å². The summed E-state index contributed by atoms with van der Waals surface area (Å²) in [5.74, 6) is -1.11. The van der Waals surface area contributed by atoms with Crippen molar-refractivity contribution in [2.45, 2.75) is 97.7 Å². The smallest absolute Gasteiger partial charge is 0.244 e. The van der Waals surface area contributed by atoms with Crippen molar-refractivity contribution >= 4 is 45.4 Å². The molecular weight excluding hydrogens is 566 g/mol. The number of halogens is 1. The highest BCUT2D eigenvalue weighted by Gasteiger charge is 2.75. The number of amides is 3. The number of carbonyl (C=O) groups is 3. The van der Waals surface area contributed by atoms with E-state index in [1.165, 1.54) is 6.42 Å². The van der Waals surface area contributed by atoms with Crippen LogP contribution in [0, 0.1) is 11.8 Å². The summed E-state index contributed by atoms with van der Waals surface area (Å²) in [5, 5.41) is 15.5. The van der Waals surface area contributed by atoms with Crippen LogP contribution in [0.25, 0.3) is 0 Å². The third-order valence-electron chi connectivity index (χ3n) is 8.91. The van der Waals surface area contributed by atoms with Gasteiger partial charge in [-0.2, -0.15) is 0 Å². The molecule has 1 spiro atoms. The summed E-state index contributed by atoms with van der Waals surface area (Å²) in [6.07, 6.45) is 9.50. The Labute approximate surface area is 238 Å². The summed E-state index contributed by atoms with van der Waals surface area (Å²) in [6.45, 7) is 1.11. The molecule has 9 heteroatoms. The molecule has 4 aliphatic rings. The number of carbonyl (C=O) groups excluding carboxylic acids is 3. The number of thioether (sulfide) groups is 1. The number of likely N-dealkylation sites (tertiary alicyclic amines) is 1. The normalized spacial score (nSPS) is 32.4. The molecule has 3 saturated heterocycles. The minimum Gasteiger partial charge on any atom is -0.396 e. The molecule has 6 atom stereocenters. The van der Waals surface area contributed by atoms with E-state index in [0.717, 1.165) is 56.9 Å². The van der Waals surface area contributed by atoms with Crippen molar-refractivity contribution in [2.75, 3.05) is 13.2 Å². The first-order chi connectivity index (χ1) is 18.5. The first-order valence-corrected chi connectivity index (χ1v) is 16.1. The number of nitrogens with one attached hydrogen (secondary N) is 2. The molecular formula is C29H40BrN3O4S.